The molecule has 1 amide bonds. The monoisotopic (exact) mass is 217 g/mol. The molecular weight excluding hydrogens is 197 g/mol. The van der Waals surface area contributed by atoms with Crippen molar-refractivity contribution in [3.63, 3.8) is 0 Å². The van der Waals surface area contributed by atoms with E-state index < -0.39 is 11.8 Å². The lowest BCUT2D eigenvalue weighted by atomic mass is 9.98. The number of rotatable bonds is 0. The molecule has 0 aromatic heterocycles. The van der Waals surface area contributed by atoms with E-state index in [1.807, 2.05) is 27.7 Å². The Labute approximate surface area is 90.6 Å². The molecule has 0 radical (unpaired) electrons. The number of ether oxygens (including phenoxy) is 1. The molecule has 1 rings (SSSR count). The maximum Gasteiger partial charge on any atom is 0.410 e. The minimum atomic E-state index is -0.788. The van der Waals surface area contributed by atoms with Crippen LogP contribution in [0.2, 0.25) is 0 Å². The van der Waals surface area contributed by atoms with E-state index in [4.69, 9.17) is 4.74 Å². The molecule has 0 aromatic rings. The predicted octanol–water partition coefficient (Wildman–Crippen LogP) is 2.60. The smallest absolute Gasteiger partial charge is 0.410 e. The first-order valence-corrected chi connectivity index (χ1v) is 5.41. The third kappa shape index (κ3) is 3.68. The molecule has 1 heterocycles. The molecule has 0 aromatic carbocycles. The molecule has 0 saturated carbocycles. The first kappa shape index (κ1) is 12.3. The molecule has 2 unspecified atom stereocenters. The number of hydrogen-bond acceptors (Lipinski definition) is 2. The van der Waals surface area contributed by atoms with E-state index in [1.165, 1.54) is 0 Å². The number of carbonyl (C=O) groups is 1. The number of amides is 1. The molecule has 0 bridgehead atoms. The lowest BCUT2D eigenvalue weighted by molar-refractivity contribution is 0.00859. The summed E-state index contributed by atoms with van der Waals surface area (Å²) < 4.78 is 18.4. The summed E-state index contributed by atoms with van der Waals surface area (Å²) in [4.78, 5) is 13.2. The van der Waals surface area contributed by atoms with Crippen LogP contribution in [0.15, 0.2) is 0 Å². The zero-order chi connectivity index (χ0) is 11.6. The van der Waals surface area contributed by atoms with E-state index in [0.717, 1.165) is 0 Å². The highest BCUT2D eigenvalue weighted by Gasteiger charge is 2.30. The third-order valence-electron chi connectivity index (χ3n) is 2.45. The number of hydrogen-bond donors (Lipinski definition) is 0. The maximum absolute atomic E-state index is 13.2. The molecule has 2 atom stereocenters. The van der Waals surface area contributed by atoms with Crippen LogP contribution in [0.25, 0.3) is 0 Å². The second kappa shape index (κ2) is 4.37. The molecule has 1 fully saturated rings. The summed E-state index contributed by atoms with van der Waals surface area (Å²) in [7, 11) is 0. The van der Waals surface area contributed by atoms with Crippen LogP contribution in [0.1, 0.15) is 34.1 Å². The van der Waals surface area contributed by atoms with Gasteiger partial charge in [0, 0.05) is 19.0 Å². The molecule has 1 aliphatic heterocycles. The van der Waals surface area contributed by atoms with Gasteiger partial charge in [-0.1, -0.05) is 6.92 Å². The van der Waals surface area contributed by atoms with Gasteiger partial charge in [0.25, 0.3) is 0 Å². The zero-order valence-electron chi connectivity index (χ0n) is 9.92. The molecular formula is C11H20FNO2. The summed E-state index contributed by atoms with van der Waals surface area (Å²) in [6, 6.07) is 0. The zero-order valence-corrected chi connectivity index (χ0v) is 9.92. The molecule has 0 spiro atoms. The fourth-order valence-electron chi connectivity index (χ4n) is 1.61. The Kier molecular flexibility index (Phi) is 3.58. The minimum absolute atomic E-state index is 0.0914. The van der Waals surface area contributed by atoms with E-state index in [1.54, 1.807) is 4.90 Å². The first-order valence-electron chi connectivity index (χ1n) is 5.41. The van der Waals surface area contributed by atoms with E-state index in [9.17, 15) is 9.18 Å². The minimum Gasteiger partial charge on any atom is -0.444 e. The van der Waals surface area contributed by atoms with Crippen LogP contribution in [-0.4, -0.2) is 35.9 Å². The molecule has 1 saturated heterocycles. The highest BCUT2D eigenvalue weighted by molar-refractivity contribution is 5.68. The standard InChI is InChI=1S/C11H20FNO2/c1-8-7-13(6-5-9(8)12)10(14)15-11(2,3)4/h8-9H,5-7H2,1-4H3. The van der Waals surface area contributed by atoms with Crippen LogP contribution in [0.5, 0.6) is 0 Å². The second-order valence-corrected chi connectivity index (χ2v) is 5.21. The summed E-state index contributed by atoms with van der Waals surface area (Å²) in [6.07, 6.45) is -0.703. The van der Waals surface area contributed by atoms with Crippen LogP contribution in [0.3, 0.4) is 0 Å². The average molecular weight is 217 g/mol. The molecule has 88 valence electrons. The van der Waals surface area contributed by atoms with Crippen LogP contribution >= 0.6 is 0 Å². The molecule has 1 aliphatic rings. The molecule has 15 heavy (non-hydrogen) atoms. The summed E-state index contributed by atoms with van der Waals surface area (Å²) in [6.45, 7) is 8.22. The Morgan fingerprint density at radius 3 is 2.53 bits per heavy atom. The van der Waals surface area contributed by atoms with Gasteiger partial charge in [0.1, 0.15) is 11.8 Å². The SMILES string of the molecule is CC1CN(C(=O)OC(C)(C)C)CCC1F. The molecule has 3 nitrogen and oxygen atoms in total. The van der Waals surface area contributed by atoms with Crippen molar-refractivity contribution in [3.05, 3.63) is 0 Å². The third-order valence-corrected chi connectivity index (χ3v) is 2.45. The first-order chi connectivity index (χ1) is 6.79. The Balaban J connectivity index is 2.48. The summed E-state index contributed by atoms with van der Waals surface area (Å²) >= 11 is 0. The number of nitrogens with zero attached hydrogens (tertiary/aromatic N) is 1. The Hall–Kier alpha value is -0.800. The fourth-order valence-corrected chi connectivity index (χ4v) is 1.61. The van der Waals surface area contributed by atoms with Crippen molar-refractivity contribution in [2.24, 2.45) is 5.92 Å². The summed E-state index contributed by atoms with van der Waals surface area (Å²) in [5, 5.41) is 0. The van der Waals surface area contributed by atoms with Gasteiger partial charge >= 0.3 is 6.09 Å². The Morgan fingerprint density at radius 2 is 2.07 bits per heavy atom. The number of carbonyl (C=O) groups excluding carboxylic acids is 1. The van der Waals surface area contributed by atoms with Crippen LogP contribution in [0, 0.1) is 5.92 Å². The van der Waals surface area contributed by atoms with E-state index in [2.05, 4.69) is 0 Å². The van der Waals surface area contributed by atoms with Crippen molar-refractivity contribution in [2.75, 3.05) is 13.1 Å². The molecule has 4 heteroatoms. The van der Waals surface area contributed by atoms with Crippen molar-refractivity contribution in [2.45, 2.75) is 45.9 Å². The lowest BCUT2D eigenvalue weighted by Gasteiger charge is -2.34. The Bertz CT molecular complexity index is 237. The number of alkyl halides is 1. The van der Waals surface area contributed by atoms with Gasteiger partial charge in [-0.25, -0.2) is 9.18 Å². The van der Waals surface area contributed by atoms with Crippen molar-refractivity contribution in [3.8, 4) is 0 Å². The van der Waals surface area contributed by atoms with Crippen LogP contribution < -0.4 is 0 Å². The average Bonchev–Trinajstić information content (AvgIpc) is 2.06. The molecule has 0 N–H and O–H groups in total. The summed E-state index contributed by atoms with van der Waals surface area (Å²) in [5.74, 6) is -0.0914. The van der Waals surface area contributed by atoms with Crippen molar-refractivity contribution >= 4 is 6.09 Å². The highest BCUT2D eigenvalue weighted by atomic mass is 19.1. The van der Waals surface area contributed by atoms with E-state index in [0.29, 0.717) is 19.5 Å². The van der Waals surface area contributed by atoms with Gasteiger partial charge in [-0.3, -0.25) is 0 Å². The number of likely N-dealkylation sites (tertiary alicyclic amines) is 1. The van der Waals surface area contributed by atoms with Gasteiger partial charge in [0.15, 0.2) is 0 Å². The summed E-state index contributed by atoms with van der Waals surface area (Å²) in [5.41, 5.74) is -0.479. The van der Waals surface area contributed by atoms with E-state index in [-0.39, 0.29) is 12.0 Å². The van der Waals surface area contributed by atoms with Gasteiger partial charge < -0.3 is 9.64 Å². The van der Waals surface area contributed by atoms with Gasteiger partial charge in [-0.2, -0.15) is 0 Å². The Morgan fingerprint density at radius 1 is 1.47 bits per heavy atom. The topological polar surface area (TPSA) is 29.5 Å². The van der Waals surface area contributed by atoms with Gasteiger partial charge in [0.05, 0.1) is 0 Å². The number of halogens is 1. The van der Waals surface area contributed by atoms with Crippen molar-refractivity contribution in [1.82, 2.24) is 4.90 Å². The van der Waals surface area contributed by atoms with Crippen LogP contribution in [0.4, 0.5) is 9.18 Å². The normalized spacial score (nSPS) is 27.7. The van der Waals surface area contributed by atoms with Gasteiger partial charge in [0.2, 0.25) is 0 Å². The van der Waals surface area contributed by atoms with Crippen LogP contribution in [-0.2, 0) is 4.74 Å². The quantitative estimate of drug-likeness (QED) is 0.624. The number of piperidine rings is 1. The second-order valence-electron chi connectivity index (χ2n) is 5.21. The fraction of sp³-hybridized carbons (Fsp3) is 0.909. The van der Waals surface area contributed by atoms with E-state index >= 15 is 0 Å². The van der Waals surface area contributed by atoms with Gasteiger partial charge in [-0.05, 0) is 27.2 Å². The lowest BCUT2D eigenvalue weighted by Crippen LogP contribution is -2.45. The predicted molar refractivity (Wildman–Crippen MR) is 56.5 cm³/mol. The highest BCUT2D eigenvalue weighted by Crippen LogP contribution is 2.21. The van der Waals surface area contributed by atoms with Crippen molar-refractivity contribution < 1.29 is 13.9 Å². The maximum atomic E-state index is 13.2. The molecule has 0 aliphatic carbocycles. The van der Waals surface area contributed by atoms with Gasteiger partial charge in [-0.15, -0.1) is 0 Å². The largest absolute Gasteiger partial charge is 0.444 e. The van der Waals surface area contributed by atoms with Crippen molar-refractivity contribution in [1.29, 1.82) is 0 Å².